The summed E-state index contributed by atoms with van der Waals surface area (Å²) in [5, 5.41) is 56.5. The van der Waals surface area contributed by atoms with Crippen molar-refractivity contribution in [1.29, 1.82) is 0 Å². The van der Waals surface area contributed by atoms with Crippen LogP contribution in [0.5, 0.6) is 17.2 Å². The fourth-order valence-electron chi connectivity index (χ4n) is 6.73. The molecule has 6 N–H and O–H groups in total. The van der Waals surface area contributed by atoms with Crippen LogP contribution < -0.4 is 10.1 Å². The molecule has 2 aromatic carbocycles. The van der Waals surface area contributed by atoms with E-state index in [1.54, 1.807) is 14.0 Å². The molecule has 1 saturated heterocycles. The first-order valence-corrected chi connectivity index (χ1v) is 15.5. The number of aliphatic hydroxyl groups excluding tert-OH is 2. The number of aliphatic hydroxyl groups is 3. The maximum atomic E-state index is 13.8. The van der Waals surface area contributed by atoms with Gasteiger partial charge in [-0.15, -0.1) is 0 Å². The number of hydrogen-bond acceptors (Lipinski definition) is 14. The number of ketones is 3. The van der Waals surface area contributed by atoms with E-state index in [-0.39, 0.29) is 47.4 Å². The monoisotopic (exact) mass is 672 g/mol. The molecule has 0 spiro atoms. The number of methoxy groups -OCH3 is 1. The van der Waals surface area contributed by atoms with E-state index in [0.29, 0.717) is 0 Å². The maximum Gasteiger partial charge on any atom is 0.410 e. The third-order valence-corrected chi connectivity index (χ3v) is 9.33. The molecule has 0 aromatic heterocycles. The number of phenolic OH excluding ortho intramolecular Hbond substituents is 2. The van der Waals surface area contributed by atoms with Gasteiger partial charge < -0.3 is 54.7 Å². The standard InChI is InChI=1S/C33H40N2O13/c1-14-31(48-32(43)35(4)12-16(38)13-36)19(34-3)9-22(46-14)47-21-11-33(44,15(2)37)10-18-24(21)30(42)26-25(28(18)40)27(39)17-7-6-8-20(45-5)23(17)29(26)41/h6-8,14,16,19,21-22,31,34,36,38,40,42,44H,9-13H2,1-5H3/t14-,16?,19-,21-,22-,31+,33-/m0/s1. The van der Waals surface area contributed by atoms with E-state index in [2.05, 4.69) is 5.32 Å². The Labute approximate surface area is 276 Å². The van der Waals surface area contributed by atoms with Gasteiger partial charge in [0, 0.05) is 43.0 Å². The van der Waals surface area contributed by atoms with Gasteiger partial charge in [-0.2, -0.15) is 0 Å². The average Bonchev–Trinajstić information content (AvgIpc) is 3.05. The number of aromatic hydroxyl groups is 2. The molecule has 1 heterocycles. The number of nitrogens with zero attached hydrogens (tertiary/aromatic N) is 1. The summed E-state index contributed by atoms with van der Waals surface area (Å²) in [6.07, 6.45) is -6.66. The summed E-state index contributed by atoms with van der Waals surface area (Å²) in [6, 6.07) is 3.86. The summed E-state index contributed by atoms with van der Waals surface area (Å²) in [7, 11) is 4.36. The number of fused-ring (bicyclic) bond motifs is 3. The minimum atomic E-state index is -2.07. The van der Waals surface area contributed by atoms with Gasteiger partial charge in [0.2, 0.25) is 5.78 Å². The highest BCUT2D eigenvalue weighted by Gasteiger charge is 2.50. The van der Waals surface area contributed by atoms with E-state index in [1.807, 2.05) is 0 Å². The summed E-state index contributed by atoms with van der Waals surface area (Å²) in [6.45, 7) is 2.10. The predicted octanol–water partition coefficient (Wildman–Crippen LogP) is 0.719. The maximum absolute atomic E-state index is 13.8. The smallest absolute Gasteiger partial charge is 0.410 e. The first-order valence-electron chi connectivity index (χ1n) is 15.5. The van der Waals surface area contributed by atoms with E-state index in [0.717, 1.165) is 4.90 Å². The lowest BCUT2D eigenvalue weighted by Crippen LogP contribution is -2.56. The van der Waals surface area contributed by atoms with Crippen LogP contribution >= 0.6 is 0 Å². The molecule has 1 aliphatic heterocycles. The van der Waals surface area contributed by atoms with Crippen molar-refractivity contribution in [2.24, 2.45) is 0 Å². The Hall–Kier alpha value is -4.12. The van der Waals surface area contributed by atoms with Crippen LogP contribution in [0, 0.1) is 0 Å². The molecule has 3 aliphatic rings. The second-order valence-corrected chi connectivity index (χ2v) is 12.4. The average molecular weight is 673 g/mol. The van der Waals surface area contributed by atoms with E-state index >= 15 is 0 Å². The number of amides is 1. The number of likely N-dealkylation sites (N-methyl/N-ethyl adjacent to an activating group) is 2. The van der Waals surface area contributed by atoms with E-state index in [1.165, 1.54) is 39.3 Å². The Morgan fingerprint density at radius 3 is 2.46 bits per heavy atom. The molecule has 0 saturated carbocycles. The topological polar surface area (TPSA) is 222 Å². The van der Waals surface area contributed by atoms with Crippen molar-refractivity contribution in [3.63, 3.8) is 0 Å². The number of phenols is 2. The molecule has 1 unspecified atom stereocenters. The summed E-state index contributed by atoms with van der Waals surface area (Å²) >= 11 is 0. The van der Waals surface area contributed by atoms with Crippen LogP contribution in [0.25, 0.3) is 0 Å². The van der Waals surface area contributed by atoms with Crippen molar-refractivity contribution in [1.82, 2.24) is 10.2 Å². The van der Waals surface area contributed by atoms with Crippen LogP contribution in [-0.2, 0) is 25.4 Å². The minimum absolute atomic E-state index is 0.0411. The highest BCUT2D eigenvalue weighted by molar-refractivity contribution is 6.31. The molecule has 15 nitrogen and oxygen atoms in total. The third-order valence-electron chi connectivity index (χ3n) is 9.33. The van der Waals surface area contributed by atoms with Gasteiger partial charge in [0.25, 0.3) is 0 Å². The Bertz CT molecular complexity index is 1640. The fourth-order valence-corrected chi connectivity index (χ4v) is 6.73. The van der Waals surface area contributed by atoms with Crippen LogP contribution in [0.3, 0.4) is 0 Å². The third kappa shape index (κ3) is 6.01. The molecule has 7 atom stereocenters. The van der Waals surface area contributed by atoms with Crippen LogP contribution in [0.1, 0.15) is 75.8 Å². The summed E-state index contributed by atoms with van der Waals surface area (Å²) in [5.41, 5.74) is -3.30. The van der Waals surface area contributed by atoms with Gasteiger partial charge in [-0.3, -0.25) is 14.4 Å². The van der Waals surface area contributed by atoms with Gasteiger partial charge in [-0.25, -0.2) is 4.79 Å². The quantitative estimate of drug-likeness (QED) is 0.173. The zero-order valence-corrected chi connectivity index (χ0v) is 27.2. The minimum Gasteiger partial charge on any atom is -0.507 e. The fraction of sp³-hybridized carbons (Fsp3) is 0.515. The lowest BCUT2D eigenvalue weighted by molar-refractivity contribution is -0.249. The van der Waals surface area contributed by atoms with Gasteiger partial charge in [-0.1, -0.05) is 12.1 Å². The number of carbonyl (C=O) groups excluding carboxylic acids is 4. The van der Waals surface area contributed by atoms with Gasteiger partial charge >= 0.3 is 6.09 Å². The molecule has 2 aromatic rings. The number of carbonyl (C=O) groups is 4. The van der Waals surface area contributed by atoms with Crippen LogP contribution in [0.2, 0.25) is 0 Å². The van der Waals surface area contributed by atoms with Crippen molar-refractivity contribution in [3.05, 3.63) is 51.6 Å². The zero-order valence-electron chi connectivity index (χ0n) is 27.2. The second-order valence-electron chi connectivity index (χ2n) is 12.4. The second kappa shape index (κ2) is 13.4. The van der Waals surface area contributed by atoms with Crippen LogP contribution in [0.4, 0.5) is 4.79 Å². The predicted molar refractivity (Wildman–Crippen MR) is 165 cm³/mol. The molecule has 2 aliphatic carbocycles. The highest BCUT2D eigenvalue weighted by Crippen LogP contribution is 2.52. The normalized spacial score (nSPS) is 27.0. The Morgan fingerprint density at radius 1 is 1.15 bits per heavy atom. The Morgan fingerprint density at radius 2 is 1.83 bits per heavy atom. The largest absolute Gasteiger partial charge is 0.507 e. The number of Topliss-reactive ketones (excluding diaryl/α,β-unsaturated/α-hetero) is 1. The van der Waals surface area contributed by atoms with Gasteiger partial charge in [0.15, 0.2) is 17.9 Å². The summed E-state index contributed by atoms with van der Waals surface area (Å²) in [5.74, 6) is -3.37. The van der Waals surface area contributed by atoms with Crippen LogP contribution in [-0.4, -0.2) is 124 Å². The van der Waals surface area contributed by atoms with Gasteiger partial charge in [0.1, 0.15) is 29.0 Å². The Kier molecular flexibility index (Phi) is 9.83. The van der Waals surface area contributed by atoms with E-state index in [4.69, 9.17) is 24.1 Å². The van der Waals surface area contributed by atoms with Crippen molar-refractivity contribution < 1.29 is 63.7 Å². The molecule has 5 rings (SSSR count). The SMILES string of the molecule is CN[C@H]1C[C@H](O[C@H]2C[C@](O)(C(C)=O)Cc3c(O)c4c(c(O)c32)C(=O)c2c(OC)cccc2C4=O)O[C@@H](C)[C@H]1OC(=O)N(C)CC(O)CO. The number of ether oxygens (including phenoxy) is 4. The first kappa shape index (κ1) is 35.2. The van der Waals surface area contributed by atoms with Crippen molar-refractivity contribution >= 4 is 23.4 Å². The number of rotatable bonds is 9. The van der Waals surface area contributed by atoms with Crippen molar-refractivity contribution in [2.45, 2.75) is 75.5 Å². The summed E-state index contributed by atoms with van der Waals surface area (Å²) < 4.78 is 23.3. The molecule has 1 fully saturated rings. The molecule has 48 heavy (non-hydrogen) atoms. The lowest BCUT2D eigenvalue weighted by Gasteiger charge is -2.43. The first-order chi connectivity index (χ1) is 22.7. The number of benzene rings is 2. The lowest BCUT2D eigenvalue weighted by atomic mass is 9.72. The van der Waals surface area contributed by atoms with Crippen LogP contribution in [0.15, 0.2) is 18.2 Å². The summed E-state index contributed by atoms with van der Waals surface area (Å²) in [4.78, 5) is 54.1. The molecule has 0 bridgehead atoms. The van der Waals surface area contributed by atoms with E-state index < -0.39 is 101 Å². The number of nitrogens with one attached hydrogen (secondary N) is 1. The highest BCUT2D eigenvalue weighted by atomic mass is 16.7. The molecule has 0 radical (unpaired) electrons. The van der Waals surface area contributed by atoms with Crippen molar-refractivity contribution in [3.8, 4) is 17.2 Å². The Balaban J connectivity index is 1.50. The van der Waals surface area contributed by atoms with Gasteiger partial charge in [-0.05, 0) is 27.0 Å². The molecular formula is C33H40N2O13. The van der Waals surface area contributed by atoms with Crippen molar-refractivity contribution in [2.75, 3.05) is 34.4 Å². The molecule has 260 valence electrons. The number of hydrogen-bond donors (Lipinski definition) is 6. The van der Waals surface area contributed by atoms with E-state index in [9.17, 15) is 39.6 Å². The zero-order chi connectivity index (χ0) is 35.2. The molecular weight excluding hydrogens is 632 g/mol. The molecule has 1 amide bonds. The molecule has 15 heteroatoms. The van der Waals surface area contributed by atoms with Gasteiger partial charge in [0.05, 0.1) is 61.3 Å².